The maximum Gasteiger partial charge on any atom is 0.273 e. The smallest absolute Gasteiger partial charge is 0.273 e. The first-order chi connectivity index (χ1) is 11.8. The summed E-state index contributed by atoms with van der Waals surface area (Å²) < 4.78 is 5.85. The van der Waals surface area contributed by atoms with Crippen LogP contribution in [0.25, 0.3) is 10.8 Å². The van der Waals surface area contributed by atoms with Crippen molar-refractivity contribution in [3.63, 3.8) is 0 Å². The van der Waals surface area contributed by atoms with Gasteiger partial charge in [0.2, 0.25) is 0 Å². The van der Waals surface area contributed by atoms with Gasteiger partial charge in [0.15, 0.2) is 0 Å². The van der Waals surface area contributed by atoms with Crippen LogP contribution in [0, 0.1) is 0 Å². The summed E-state index contributed by atoms with van der Waals surface area (Å²) in [5, 5.41) is 1.93. The molecule has 1 aliphatic heterocycles. The molecule has 4 heteroatoms. The lowest BCUT2D eigenvalue weighted by molar-refractivity contribution is -0.0229. The van der Waals surface area contributed by atoms with Crippen molar-refractivity contribution < 1.29 is 9.53 Å². The van der Waals surface area contributed by atoms with E-state index in [0.717, 1.165) is 16.3 Å². The van der Waals surface area contributed by atoms with Gasteiger partial charge in [0.1, 0.15) is 11.8 Å². The fourth-order valence-corrected chi connectivity index (χ4v) is 3.14. The average Bonchev–Trinajstić information content (AvgIpc) is 2.68. The Bertz CT molecular complexity index is 858. The Hall–Kier alpha value is -2.72. The molecule has 0 N–H and O–H groups in total. The molecule has 0 saturated carbocycles. The molecule has 24 heavy (non-hydrogen) atoms. The van der Waals surface area contributed by atoms with E-state index in [1.807, 2.05) is 65.6 Å². The highest BCUT2D eigenvalue weighted by Crippen LogP contribution is 2.24. The number of benzene rings is 2. The van der Waals surface area contributed by atoms with Gasteiger partial charge in [0.25, 0.3) is 5.91 Å². The fourth-order valence-electron chi connectivity index (χ4n) is 3.14. The molecule has 2 heterocycles. The number of aromatic nitrogens is 1. The molecule has 1 fully saturated rings. The van der Waals surface area contributed by atoms with Crippen molar-refractivity contribution in [2.45, 2.75) is 6.10 Å². The van der Waals surface area contributed by atoms with Crippen molar-refractivity contribution in [3.8, 4) is 0 Å². The molecule has 3 aromatic rings. The molecule has 2 aromatic carbocycles. The monoisotopic (exact) mass is 318 g/mol. The SMILES string of the molecule is O=C(c1nccc2ccccc12)N1CCO[C@H](c2ccccc2)C1. The van der Waals surface area contributed by atoms with Crippen LogP contribution in [0.2, 0.25) is 0 Å². The van der Waals surface area contributed by atoms with Gasteiger partial charge in [-0.2, -0.15) is 0 Å². The van der Waals surface area contributed by atoms with E-state index in [2.05, 4.69) is 4.98 Å². The second-order valence-corrected chi connectivity index (χ2v) is 5.90. The lowest BCUT2D eigenvalue weighted by Gasteiger charge is -2.33. The summed E-state index contributed by atoms with van der Waals surface area (Å²) >= 11 is 0. The van der Waals surface area contributed by atoms with Crippen molar-refractivity contribution in [2.24, 2.45) is 0 Å². The predicted octanol–water partition coefficient (Wildman–Crippen LogP) is 3.45. The third kappa shape index (κ3) is 2.76. The molecule has 0 aliphatic carbocycles. The Kier molecular flexibility index (Phi) is 3.97. The summed E-state index contributed by atoms with van der Waals surface area (Å²) in [5.41, 5.74) is 1.61. The first-order valence-electron chi connectivity index (χ1n) is 8.12. The summed E-state index contributed by atoms with van der Waals surface area (Å²) in [6, 6.07) is 19.8. The molecule has 120 valence electrons. The van der Waals surface area contributed by atoms with Crippen LogP contribution >= 0.6 is 0 Å². The second-order valence-electron chi connectivity index (χ2n) is 5.90. The highest BCUT2D eigenvalue weighted by atomic mass is 16.5. The average molecular weight is 318 g/mol. The third-order valence-electron chi connectivity index (χ3n) is 4.40. The highest BCUT2D eigenvalue weighted by Gasteiger charge is 2.27. The maximum atomic E-state index is 13.0. The third-order valence-corrected chi connectivity index (χ3v) is 4.40. The molecule has 4 nitrogen and oxygen atoms in total. The molecule has 1 aliphatic rings. The van der Waals surface area contributed by atoms with E-state index >= 15 is 0 Å². The van der Waals surface area contributed by atoms with E-state index < -0.39 is 0 Å². The molecule has 1 amide bonds. The van der Waals surface area contributed by atoms with E-state index in [1.165, 1.54) is 0 Å². The summed E-state index contributed by atoms with van der Waals surface area (Å²) in [7, 11) is 0. The number of hydrogen-bond donors (Lipinski definition) is 0. The zero-order valence-electron chi connectivity index (χ0n) is 13.3. The molecule has 0 spiro atoms. The number of morpholine rings is 1. The van der Waals surface area contributed by atoms with Crippen LogP contribution in [0.3, 0.4) is 0 Å². The highest BCUT2D eigenvalue weighted by molar-refractivity contribution is 6.05. The lowest BCUT2D eigenvalue weighted by Crippen LogP contribution is -2.42. The van der Waals surface area contributed by atoms with Crippen LogP contribution in [0.15, 0.2) is 66.9 Å². The lowest BCUT2D eigenvalue weighted by atomic mass is 10.1. The van der Waals surface area contributed by atoms with Gasteiger partial charge < -0.3 is 9.64 Å². The van der Waals surface area contributed by atoms with Gasteiger partial charge in [-0.15, -0.1) is 0 Å². The minimum absolute atomic E-state index is 0.0315. The molecule has 0 unspecified atom stereocenters. The van der Waals surface area contributed by atoms with Gasteiger partial charge in [-0.1, -0.05) is 54.6 Å². The van der Waals surface area contributed by atoms with Crippen LogP contribution in [-0.4, -0.2) is 35.5 Å². The molecule has 0 radical (unpaired) electrons. The van der Waals surface area contributed by atoms with Crippen molar-refractivity contribution >= 4 is 16.7 Å². The van der Waals surface area contributed by atoms with Crippen LogP contribution in [0.4, 0.5) is 0 Å². The van der Waals surface area contributed by atoms with Gasteiger partial charge in [0.05, 0.1) is 13.2 Å². The molecule has 1 aromatic heterocycles. The van der Waals surface area contributed by atoms with Crippen molar-refractivity contribution in [3.05, 3.63) is 78.1 Å². The summed E-state index contributed by atoms with van der Waals surface area (Å²) in [6.07, 6.45) is 1.61. The van der Waals surface area contributed by atoms with Gasteiger partial charge in [0, 0.05) is 18.1 Å². The fraction of sp³-hybridized carbons (Fsp3) is 0.200. The zero-order valence-corrected chi connectivity index (χ0v) is 13.3. The number of rotatable bonds is 2. The van der Waals surface area contributed by atoms with Crippen LogP contribution in [0.1, 0.15) is 22.2 Å². The van der Waals surface area contributed by atoms with Gasteiger partial charge in [-0.3, -0.25) is 9.78 Å². The summed E-state index contributed by atoms with van der Waals surface area (Å²) in [5.74, 6) is -0.0315. The Morgan fingerprint density at radius 2 is 1.83 bits per heavy atom. The standard InChI is InChI=1S/C20H18N2O2/c23-20(19-17-9-5-4-6-15(17)10-11-21-19)22-12-13-24-18(14-22)16-7-2-1-3-8-16/h1-11,18H,12-14H2/t18-/m0/s1. The van der Waals surface area contributed by atoms with Crippen LogP contribution in [-0.2, 0) is 4.74 Å². The normalized spacial score (nSPS) is 17.8. The number of ether oxygens (including phenoxy) is 1. The van der Waals surface area contributed by atoms with Crippen LogP contribution < -0.4 is 0 Å². The minimum Gasteiger partial charge on any atom is -0.370 e. The van der Waals surface area contributed by atoms with E-state index in [-0.39, 0.29) is 12.0 Å². The maximum absolute atomic E-state index is 13.0. The van der Waals surface area contributed by atoms with Gasteiger partial charge in [-0.25, -0.2) is 0 Å². The summed E-state index contributed by atoms with van der Waals surface area (Å²) in [4.78, 5) is 19.2. The molecule has 1 atom stereocenters. The number of pyridine rings is 1. The van der Waals surface area contributed by atoms with Crippen molar-refractivity contribution in [1.82, 2.24) is 9.88 Å². The second kappa shape index (κ2) is 6.42. The number of hydrogen-bond acceptors (Lipinski definition) is 3. The topological polar surface area (TPSA) is 42.4 Å². The Morgan fingerprint density at radius 1 is 1.04 bits per heavy atom. The minimum atomic E-state index is -0.0844. The molecular formula is C20H18N2O2. The van der Waals surface area contributed by atoms with E-state index in [4.69, 9.17) is 4.74 Å². The first-order valence-corrected chi connectivity index (χ1v) is 8.12. The van der Waals surface area contributed by atoms with E-state index in [0.29, 0.717) is 25.4 Å². The molecule has 1 saturated heterocycles. The predicted molar refractivity (Wildman–Crippen MR) is 92.8 cm³/mol. The largest absolute Gasteiger partial charge is 0.370 e. The Balaban J connectivity index is 1.62. The molecular weight excluding hydrogens is 300 g/mol. The number of amides is 1. The number of fused-ring (bicyclic) bond motifs is 1. The van der Waals surface area contributed by atoms with Crippen molar-refractivity contribution in [2.75, 3.05) is 19.7 Å². The van der Waals surface area contributed by atoms with E-state index in [1.54, 1.807) is 6.20 Å². The molecule has 4 rings (SSSR count). The number of carbonyl (C=O) groups is 1. The van der Waals surface area contributed by atoms with E-state index in [9.17, 15) is 4.79 Å². The van der Waals surface area contributed by atoms with Crippen LogP contribution in [0.5, 0.6) is 0 Å². The Labute approximate surface area is 140 Å². The summed E-state index contributed by atoms with van der Waals surface area (Å²) in [6.45, 7) is 1.68. The number of carbonyl (C=O) groups excluding carboxylic acids is 1. The zero-order chi connectivity index (χ0) is 16.4. The number of nitrogens with zero attached hydrogens (tertiary/aromatic N) is 2. The Morgan fingerprint density at radius 3 is 2.71 bits per heavy atom. The quantitative estimate of drug-likeness (QED) is 0.727. The first kappa shape index (κ1) is 14.8. The van der Waals surface area contributed by atoms with Gasteiger partial charge in [-0.05, 0) is 17.0 Å². The molecule has 0 bridgehead atoms. The van der Waals surface area contributed by atoms with Gasteiger partial charge >= 0.3 is 0 Å². The van der Waals surface area contributed by atoms with Crippen molar-refractivity contribution in [1.29, 1.82) is 0 Å².